The minimum absolute atomic E-state index is 0.0105. The lowest BCUT2D eigenvalue weighted by molar-refractivity contribution is -0.149. The molecule has 0 spiro atoms. The number of para-hydroxylation sites is 2. The number of amides is 1. The third kappa shape index (κ3) is 4.47. The molecular weight excluding hydrogens is 472 g/mol. The molecule has 0 saturated carbocycles. The minimum atomic E-state index is -0.927. The first-order valence-electron chi connectivity index (χ1n) is 9.04. The summed E-state index contributed by atoms with van der Waals surface area (Å²) in [6, 6.07) is 12.7. The Bertz CT molecular complexity index is 1100. The first kappa shape index (κ1) is 20.4. The first-order valence-corrected chi connectivity index (χ1v) is 10.7. The number of fused-ring (bicyclic) bond motifs is 1. The molecule has 1 aliphatic heterocycles. The van der Waals surface area contributed by atoms with E-state index in [4.69, 9.17) is 14.2 Å². The second-order valence-corrected chi connectivity index (χ2v) is 8.22. The van der Waals surface area contributed by atoms with Gasteiger partial charge in [0.2, 0.25) is 0 Å². The summed E-state index contributed by atoms with van der Waals surface area (Å²) in [5.74, 6) is 0.325. The minimum Gasteiger partial charge on any atom is -0.496 e. The molecular formula is C21H17BrN2O5S. The molecule has 1 amide bonds. The van der Waals surface area contributed by atoms with Crippen LogP contribution in [0.15, 0.2) is 52.3 Å². The average Bonchev–Trinajstić information content (AvgIpc) is 3.22. The van der Waals surface area contributed by atoms with E-state index in [1.807, 2.05) is 23.6 Å². The summed E-state index contributed by atoms with van der Waals surface area (Å²) in [5.41, 5.74) is 2.05. The maximum absolute atomic E-state index is 12.2. The normalized spacial score (nSPS) is 15.0. The van der Waals surface area contributed by atoms with Crippen LogP contribution in [0.2, 0.25) is 0 Å². The Kier molecular flexibility index (Phi) is 6.01. The van der Waals surface area contributed by atoms with Gasteiger partial charge in [0.05, 0.1) is 30.5 Å². The molecule has 1 N–H and O–H groups in total. The van der Waals surface area contributed by atoms with Crippen LogP contribution in [0.1, 0.15) is 12.1 Å². The summed E-state index contributed by atoms with van der Waals surface area (Å²) < 4.78 is 17.2. The van der Waals surface area contributed by atoms with Crippen LogP contribution in [-0.4, -0.2) is 30.1 Å². The van der Waals surface area contributed by atoms with Crippen molar-refractivity contribution in [2.75, 3.05) is 12.4 Å². The zero-order chi connectivity index (χ0) is 21.1. The number of hydrogen-bond donors (Lipinski definition) is 1. The molecule has 1 aromatic heterocycles. The van der Waals surface area contributed by atoms with Crippen LogP contribution in [-0.2, 0) is 20.9 Å². The van der Waals surface area contributed by atoms with E-state index in [2.05, 4.69) is 26.2 Å². The monoisotopic (exact) mass is 488 g/mol. The lowest BCUT2D eigenvalue weighted by Gasteiger charge is -2.25. The summed E-state index contributed by atoms with van der Waals surface area (Å²) >= 11 is 4.88. The largest absolute Gasteiger partial charge is 0.496 e. The van der Waals surface area contributed by atoms with E-state index >= 15 is 0 Å². The van der Waals surface area contributed by atoms with Crippen molar-refractivity contribution >= 4 is 44.8 Å². The Balaban J connectivity index is 1.36. The van der Waals surface area contributed by atoms with Gasteiger partial charge in [0.25, 0.3) is 5.91 Å². The molecule has 0 bridgehead atoms. The number of methoxy groups -OCH3 is 1. The molecule has 1 aliphatic rings. The van der Waals surface area contributed by atoms with Gasteiger partial charge >= 0.3 is 5.97 Å². The Hall–Kier alpha value is -2.91. The van der Waals surface area contributed by atoms with Crippen LogP contribution >= 0.6 is 27.3 Å². The topological polar surface area (TPSA) is 86.8 Å². The molecule has 2 aromatic carbocycles. The van der Waals surface area contributed by atoms with Crippen molar-refractivity contribution in [1.29, 1.82) is 0 Å². The summed E-state index contributed by atoms with van der Waals surface area (Å²) in [6.07, 6.45) is -1.11. The van der Waals surface area contributed by atoms with E-state index in [1.54, 1.807) is 31.4 Å². The molecule has 0 fully saturated rings. The van der Waals surface area contributed by atoms with E-state index in [0.29, 0.717) is 22.9 Å². The molecule has 4 rings (SSSR count). The van der Waals surface area contributed by atoms with Crippen molar-refractivity contribution in [1.82, 2.24) is 4.98 Å². The SMILES string of the molecule is COc1ccc(Br)cc1-c1nc(COC(=O)C[C@@H]2Oc3ccccc3NC2=O)cs1. The van der Waals surface area contributed by atoms with Crippen molar-refractivity contribution in [3.05, 3.63) is 58.0 Å². The summed E-state index contributed by atoms with van der Waals surface area (Å²) in [7, 11) is 1.60. The van der Waals surface area contributed by atoms with Crippen molar-refractivity contribution in [2.24, 2.45) is 0 Å². The second-order valence-electron chi connectivity index (χ2n) is 6.45. The number of nitrogens with zero attached hydrogens (tertiary/aromatic N) is 1. The number of carbonyl (C=O) groups excluding carboxylic acids is 2. The summed E-state index contributed by atoms with van der Waals surface area (Å²) in [4.78, 5) is 28.9. The van der Waals surface area contributed by atoms with Crippen molar-refractivity contribution in [3.8, 4) is 22.1 Å². The molecule has 9 heteroatoms. The lowest BCUT2D eigenvalue weighted by Crippen LogP contribution is -2.38. The number of thiazole rings is 1. The van der Waals surface area contributed by atoms with Crippen LogP contribution in [0.25, 0.3) is 10.6 Å². The van der Waals surface area contributed by atoms with Gasteiger partial charge in [-0.15, -0.1) is 11.3 Å². The highest BCUT2D eigenvalue weighted by molar-refractivity contribution is 9.10. The number of aromatic nitrogens is 1. The number of hydrogen-bond acceptors (Lipinski definition) is 7. The van der Waals surface area contributed by atoms with Crippen LogP contribution in [0.3, 0.4) is 0 Å². The highest BCUT2D eigenvalue weighted by Crippen LogP contribution is 2.34. The predicted octanol–water partition coefficient (Wildman–Crippen LogP) is 4.41. The number of halogens is 1. The zero-order valence-corrected chi connectivity index (χ0v) is 18.3. The number of benzene rings is 2. The molecule has 2 heterocycles. The number of rotatable bonds is 6. The van der Waals surface area contributed by atoms with Gasteiger partial charge in [-0.05, 0) is 30.3 Å². The molecule has 0 aliphatic carbocycles. The van der Waals surface area contributed by atoms with Gasteiger partial charge in [-0.2, -0.15) is 0 Å². The maximum Gasteiger partial charge on any atom is 0.310 e. The van der Waals surface area contributed by atoms with Crippen LogP contribution in [0, 0.1) is 0 Å². The number of anilines is 1. The average molecular weight is 489 g/mol. The third-order valence-electron chi connectivity index (χ3n) is 4.38. The molecule has 154 valence electrons. The number of ether oxygens (including phenoxy) is 3. The van der Waals surface area contributed by atoms with Gasteiger partial charge in [-0.25, -0.2) is 4.98 Å². The van der Waals surface area contributed by atoms with E-state index in [1.165, 1.54) is 11.3 Å². The Morgan fingerprint density at radius 3 is 2.97 bits per heavy atom. The molecule has 1 atom stereocenters. The fraction of sp³-hybridized carbons (Fsp3) is 0.190. The molecule has 30 heavy (non-hydrogen) atoms. The fourth-order valence-electron chi connectivity index (χ4n) is 2.94. The Labute approximate surface area is 185 Å². The van der Waals surface area contributed by atoms with Crippen LogP contribution in [0.5, 0.6) is 11.5 Å². The molecule has 3 aromatic rings. The van der Waals surface area contributed by atoms with E-state index in [-0.39, 0.29) is 18.9 Å². The smallest absolute Gasteiger partial charge is 0.310 e. The van der Waals surface area contributed by atoms with Crippen molar-refractivity contribution in [3.63, 3.8) is 0 Å². The van der Waals surface area contributed by atoms with E-state index in [0.717, 1.165) is 15.0 Å². The molecule has 0 saturated heterocycles. The number of nitrogens with one attached hydrogen (secondary N) is 1. The number of esters is 1. The van der Waals surface area contributed by atoms with Gasteiger partial charge in [0.1, 0.15) is 23.1 Å². The highest BCUT2D eigenvalue weighted by atomic mass is 79.9. The Morgan fingerprint density at radius 1 is 1.30 bits per heavy atom. The summed E-state index contributed by atoms with van der Waals surface area (Å²) in [5, 5.41) is 5.31. The van der Waals surface area contributed by atoms with Gasteiger partial charge in [-0.3, -0.25) is 9.59 Å². The van der Waals surface area contributed by atoms with Crippen molar-refractivity contribution in [2.45, 2.75) is 19.1 Å². The second kappa shape index (κ2) is 8.85. The quantitative estimate of drug-likeness (QED) is 0.517. The fourth-order valence-corrected chi connectivity index (χ4v) is 4.12. The van der Waals surface area contributed by atoms with Gasteiger partial charge in [-0.1, -0.05) is 28.1 Å². The van der Waals surface area contributed by atoms with Gasteiger partial charge in [0, 0.05) is 9.85 Å². The molecule has 0 unspecified atom stereocenters. The standard InChI is InChI=1S/C21H17BrN2O5S/c1-27-16-7-6-12(22)8-14(16)21-23-13(11-30-21)10-28-19(25)9-18-20(26)24-15-4-2-3-5-17(15)29-18/h2-8,11,18H,9-10H2,1H3,(H,24,26)/t18-/m0/s1. The van der Waals surface area contributed by atoms with Crippen LogP contribution in [0.4, 0.5) is 5.69 Å². The van der Waals surface area contributed by atoms with Gasteiger partial charge < -0.3 is 19.5 Å². The molecule has 0 radical (unpaired) electrons. The number of carbonyl (C=O) groups is 2. The van der Waals surface area contributed by atoms with E-state index in [9.17, 15) is 9.59 Å². The summed E-state index contributed by atoms with van der Waals surface area (Å²) in [6.45, 7) is 0.0105. The van der Waals surface area contributed by atoms with Crippen LogP contribution < -0.4 is 14.8 Å². The Morgan fingerprint density at radius 2 is 2.13 bits per heavy atom. The van der Waals surface area contributed by atoms with E-state index < -0.39 is 12.1 Å². The lowest BCUT2D eigenvalue weighted by atomic mass is 10.1. The highest BCUT2D eigenvalue weighted by Gasteiger charge is 2.30. The predicted molar refractivity (Wildman–Crippen MR) is 116 cm³/mol. The maximum atomic E-state index is 12.2. The zero-order valence-electron chi connectivity index (χ0n) is 15.9. The third-order valence-corrected chi connectivity index (χ3v) is 5.80. The molecule has 7 nitrogen and oxygen atoms in total. The first-order chi connectivity index (χ1) is 14.5. The van der Waals surface area contributed by atoms with Gasteiger partial charge in [0.15, 0.2) is 6.10 Å². The van der Waals surface area contributed by atoms with Crippen molar-refractivity contribution < 1.29 is 23.8 Å².